The van der Waals surface area contributed by atoms with Crippen LogP contribution in [0.25, 0.3) is 0 Å². The molecule has 0 heterocycles. The van der Waals surface area contributed by atoms with E-state index in [1.54, 1.807) is 12.1 Å². The molecule has 1 aromatic rings. The largest absolute Gasteiger partial charge is 0.330 e. The number of benzene rings is 1. The Hall–Kier alpha value is -1.42. The lowest BCUT2D eigenvalue weighted by atomic mass is 10.1. The topological polar surface area (TPSA) is 69.2 Å². The second kappa shape index (κ2) is 3.82. The van der Waals surface area contributed by atoms with Crippen LogP contribution in [0.15, 0.2) is 24.3 Å². The van der Waals surface area contributed by atoms with Gasteiger partial charge in [0.15, 0.2) is 0 Å². The Morgan fingerprint density at radius 3 is 2.83 bits per heavy atom. The smallest absolute Gasteiger partial charge is 0.269 e. The summed E-state index contributed by atoms with van der Waals surface area (Å²) < 4.78 is 0. The number of nitrogens with two attached hydrogens (primary N) is 1. The molecule has 4 heteroatoms. The molecule has 64 valence electrons. The van der Waals surface area contributed by atoms with Gasteiger partial charge in [0.1, 0.15) is 0 Å². The van der Waals surface area contributed by atoms with Crippen LogP contribution in [0.4, 0.5) is 5.69 Å². The zero-order valence-corrected chi connectivity index (χ0v) is 6.56. The summed E-state index contributed by atoms with van der Waals surface area (Å²) in [5.74, 6) is 0. The van der Waals surface area contributed by atoms with E-state index in [0.29, 0.717) is 13.0 Å². The minimum Gasteiger partial charge on any atom is -0.330 e. The van der Waals surface area contributed by atoms with E-state index in [1.807, 2.05) is 6.07 Å². The first-order valence-corrected chi connectivity index (χ1v) is 3.67. The van der Waals surface area contributed by atoms with Crippen molar-refractivity contribution in [1.82, 2.24) is 0 Å². The third kappa shape index (κ3) is 2.03. The van der Waals surface area contributed by atoms with E-state index in [1.165, 1.54) is 6.07 Å². The Balaban J connectivity index is 2.88. The zero-order valence-electron chi connectivity index (χ0n) is 6.56. The molecule has 0 saturated heterocycles. The lowest BCUT2D eigenvalue weighted by Crippen LogP contribution is -2.02. The lowest BCUT2D eigenvalue weighted by molar-refractivity contribution is -0.384. The zero-order chi connectivity index (χ0) is 8.97. The van der Waals surface area contributed by atoms with Crippen LogP contribution in [0.5, 0.6) is 0 Å². The average molecular weight is 166 g/mol. The molecule has 0 aliphatic heterocycles. The van der Waals surface area contributed by atoms with Crippen molar-refractivity contribution >= 4 is 5.69 Å². The van der Waals surface area contributed by atoms with E-state index in [4.69, 9.17) is 5.73 Å². The molecule has 4 nitrogen and oxygen atoms in total. The molecule has 0 aliphatic rings. The van der Waals surface area contributed by atoms with Gasteiger partial charge in [0.2, 0.25) is 0 Å². The Morgan fingerprint density at radius 2 is 2.25 bits per heavy atom. The quantitative estimate of drug-likeness (QED) is 0.540. The van der Waals surface area contributed by atoms with Crippen molar-refractivity contribution in [2.45, 2.75) is 6.42 Å². The Morgan fingerprint density at radius 1 is 1.50 bits per heavy atom. The summed E-state index contributed by atoms with van der Waals surface area (Å²) in [6.45, 7) is 0.515. The number of rotatable bonds is 3. The molecule has 12 heavy (non-hydrogen) atoms. The second-order valence-corrected chi connectivity index (χ2v) is 2.47. The highest BCUT2D eigenvalue weighted by Crippen LogP contribution is 2.12. The van der Waals surface area contributed by atoms with Crippen LogP contribution in [0.2, 0.25) is 0 Å². The standard InChI is InChI=1S/C8H10N2O2/c9-5-4-7-2-1-3-8(6-7)10(11)12/h1-3,6H,4-5,9H2. The van der Waals surface area contributed by atoms with E-state index in [0.717, 1.165) is 5.56 Å². The summed E-state index contributed by atoms with van der Waals surface area (Å²) in [5.41, 5.74) is 6.35. The SMILES string of the molecule is NCCc1cccc([N+](=O)[O-])c1. The Kier molecular flexibility index (Phi) is 2.76. The minimum absolute atomic E-state index is 0.126. The first kappa shape index (κ1) is 8.67. The molecular weight excluding hydrogens is 156 g/mol. The van der Waals surface area contributed by atoms with Crippen LogP contribution >= 0.6 is 0 Å². The Labute approximate surface area is 70.2 Å². The van der Waals surface area contributed by atoms with Crippen molar-refractivity contribution in [1.29, 1.82) is 0 Å². The van der Waals surface area contributed by atoms with E-state index < -0.39 is 4.92 Å². The molecule has 0 fully saturated rings. The number of non-ortho nitro benzene ring substituents is 1. The van der Waals surface area contributed by atoms with Crippen LogP contribution < -0.4 is 5.73 Å². The minimum atomic E-state index is -0.403. The molecule has 0 amide bonds. The van der Waals surface area contributed by atoms with E-state index >= 15 is 0 Å². The molecule has 0 atom stereocenters. The van der Waals surface area contributed by atoms with Crippen LogP contribution in [0.3, 0.4) is 0 Å². The van der Waals surface area contributed by atoms with E-state index in [2.05, 4.69) is 0 Å². The van der Waals surface area contributed by atoms with Crippen molar-refractivity contribution in [2.24, 2.45) is 5.73 Å². The van der Waals surface area contributed by atoms with Crippen LogP contribution in [0, 0.1) is 10.1 Å². The third-order valence-electron chi connectivity index (χ3n) is 1.55. The first-order valence-electron chi connectivity index (χ1n) is 3.67. The number of nitro groups is 1. The molecular formula is C8H10N2O2. The van der Waals surface area contributed by atoms with Gasteiger partial charge in [0.05, 0.1) is 4.92 Å². The van der Waals surface area contributed by atoms with Crippen molar-refractivity contribution in [3.63, 3.8) is 0 Å². The van der Waals surface area contributed by atoms with Gasteiger partial charge in [-0.05, 0) is 18.5 Å². The van der Waals surface area contributed by atoms with Gasteiger partial charge in [0.25, 0.3) is 5.69 Å². The van der Waals surface area contributed by atoms with Crippen LogP contribution in [-0.2, 0) is 6.42 Å². The van der Waals surface area contributed by atoms with Gasteiger partial charge >= 0.3 is 0 Å². The molecule has 0 aromatic heterocycles. The van der Waals surface area contributed by atoms with Crippen LogP contribution in [-0.4, -0.2) is 11.5 Å². The van der Waals surface area contributed by atoms with Crippen molar-refractivity contribution in [2.75, 3.05) is 6.54 Å². The summed E-state index contributed by atoms with van der Waals surface area (Å²) in [7, 11) is 0. The summed E-state index contributed by atoms with van der Waals surface area (Å²) in [5, 5.41) is 10.3. The molecule has 0 unspecified atom stereocenters. The van der Waals surface area contributed by atoms with E-state index in [-0.39, 0.29) is 5.69 Å². The van der Waals surface area contributed by atoms with Crippen molar-refractivity contribution in [3.8, 4) is 0 Å². The fourth-order valence-electron chi connectivity index (χ4n) is 0.992. The molecule has 0 radical (unpaired) electrons. The summed E-state index contributed by atoms with van der Waals surface area (Å²) in [4.78, 5) is 9.93. The number of hydrogen-bond acceptors (Lipinski definition) is 3. The predicted molar refractivity (Wildman–Crippen MR) is 45.9 cm³/mol. The molecule has 0 spiro atoms. The normalized spacial score (nSPS) is 9.75. The maximum atomic E-state index is 10.3. The highest BCUT2D eigenvalue weighted by molar-refractivity contribution is 5.34. The van der Waals surface area contributed by atoms with Crippen LogP contribution in [0.1, 0.15) is 5.56 Å². The van der Waals surface area contributed by atoms with Crippen molar-refractivity contribution < 1.29 is 4.92 Å². The fraction of sp³-hybridized carbons (Fsp3) is 0.250. The second-order valence-electron chi connectivity index (χ2n) is 2.47. The first-order chi connectivity index (χ1) is 5.74. The van der Waals surface area contributed by atoms with Gasteiger partial charge in [-0.25, -0.2) is 0 Å². The van der Waals surface area contributed by atoms with Gasteiger partial charge in [-0.1, -0.05) is 12.1 Å². The number of hydrogen-bond donors (Lipinski definition) is 1. The highest BCUT2D eigenvalue weighted by atomic mass is 16.6. The average Bonchev–Trinajstić information content (AvgIpc) is 2.05. The van der Waals surface area contributed by atoms with Gasteiger partial charge in [0, 0.05) is 12.1 Å². The van der Waals surface area contributed by atoms with Gasteiger partial charge in [-0.3, -0.25) is 10.1 Å². The van der Waals surface area contributed by atoms with Crippen molar-refractivity contribution in [3.05, 3.63) is 39.9 Å². The number of nitrogens with zero attached hydrogens (tertiary/aromatic N) is 1. The molecule has 0 bridgehead atoms. The Bertz CT molecular complexity index is 286. The summed E-state index contributed by atoms with van der Waals surface area (Å²) >= 11 is 0. The lowest BCUT2D eigenvalue weighted by Gasteiger charge is -1.96. The summed E-state index contributed by atoms with van der Waals surface area (Å²) in [6, 6.07) is 6.52. The maximum Gasteiger partial charge on any atom is 0.269 e. The van der Waals surface area contributed by atoms with E-state index in [9.17, 15) is 10.1 Å². The summed E-state index contributed by atoms with van der Waals surface area (Å²) in [6.07, 6.45) is 0.682. The third-order valence-corrected chi connectivity index (χ3v) is 1.55. The number of nitro benzene ring substituents is 1. The van der Waals surface area contributed by atoms with Gasteiger partial charge < -0.3 is 5.73 Å². The molecule has 1 aromatic carbocycles. The monoisotopic (exact) mass is 166 g/mol. The fourth-order valence-corrected chi connectivity index (χ4v) is 0.992. The molecule has 2 N–H and O–H groups in total. The molecule has 1 rings (SSSR count). The predicted octanol–water partition coefficient (Wildman–Crippen LogP) is 1.10. The molecule has 0 saturated carbocycles. The highest BCUT2D eigenvalue weighted by Gasteiger charge is 2.03. The van der Waals surface area contributed by atoms with Gasteiger partial charge in [-0.15, -0.1) is 0 Å². The molecule has 0 aliphatic carbocycles. The maximum absolute atomic E-state index is 10.3. The van der Waals surface area contributed by atoms with Gasteiger partial charge in [-0.2, -0.15) is 0 Å².